The second kappa shape index (κ2) is 39.5. The van der Waals surface area contributed by atoms with E-state index in [9.17, 15) is 44.6 Å². The van der Waals surface area contributed by atoms with Gasteiger partial charge in [0.05, 0.1) is 6.61 Å². The highest BCUT2D eigenvalue weighted by Gasteiger charge is 2.51. The molecule has 1 aliphatic rings. The quantitative estimate of drug-likeness (QED) is 0.0147. The summed E-state index contributed by atoms with van der Waals surface area (Å²) in [5.74, 6) is -1.20. The summed E-state index contributed by atoms with van der Waals surface area (Å²) in [6, 6.07) is 0. The molecule has 8 atom stereocenters. The van der Waals surface area contributed by atoms with Crippen LogP contribution in [0.5, 0.6) is 0 Å². The molecule has 6 unspecified atom stereocenters. The van der Waals surface area contributed by atoms with E-state index in [1.54, 1.807) is 0 Å². The summed E-state index contributed by atoms with van der Waals surface area (Å²) in [7, 11) is -5.14. The number of esters is 2. The number of phosphoric ester groups is 1. The van der Waals surface area contributed by atoms with Crippen LogP contribution < -0.4 is 0 Å². The van der Waals surface area contributed by atoms with E-state index in [0.717, 1.165) is 51.4 Å². The number of rotatable bonds is 39. The first-order valence-electron chi connectivity index (χ1n) is 24.2. The number of hydrogen-bond acceptors (Lipinski definition) is 12. The Morgan fingerprint density at radius 1 is 0.500 bits per heavy atom. The van der Waals surface area contributed by atoms with Gasteiger partial charge in [0.25, 0.3) is 0 Å². The van der Waals surface area contributed by atoms with E-state index in [2.05, 4.69) is 68.5 Å². The third-order valence-electron chi connectivity index (χ3n) is 10.8. The van der Waals surface area contributed by atoms with Crippen molar-refractivity contribution < 1.29 is 63.1 Å². The van der Waals surface area contributed by atoms with Gasteiger partial charge in [0.15, 0.2) is 6.10 Å². The number of allylic oxidation sites excluding steroid dienone is 12. The van der Waals surface area contributed by atoms with Crippen LogP contribution in [-0.4, -0.2) is 98.3 Å². The molecule has 1 aliphatic carbocycles. The Kier molecular flexibility index (Phi) is 36.6. The molecular formula is C50H85O13P. The lowest BCUT2D eigenvalue weighted by atomic mass is 9.85. The smallest absolute Gasteiger partial charge is 0.462 e. The summed E-state index contributed by atoms with van der Waals surface area (Å²) in [5, 5.41) is 50.2. The molecule has 0 radical (unpaired) electrons. The molecule has 0 aromatic carbocycles. The lowest BCUT2D eigenvalue weighted by Crippen LogP contribution is -2.64. The van der Waals surface area contributed by atoms with Gasteiger partial charge in [-0.05, 0) is 51.4 Å². The molecule has 1 fully saturated rings. The largest absolute Gasteiger partial charge is 0.472 e. The molecule has 0 aromatic rings. The van der Waals surface area contributed by atoms with E-state index in [4.69, 9.17) is 18.5 Å². The molecule has 1 saturated carbocycles. The van der Waals surface area contributed by atoms with Crippen LogP contribution in [0.25, 0.3) is 0 Å². The van der Waals surface area contributed by atoms with Gasteiger partial charge in [-0.2, -0.15) is 0 Å². The fourth-order valence-corrected chi connectivity index (χ4v) is 7.93. The van der Waals surface area contributed by atoms with E-state index >= 15 is 0 Å². The van der Waals surface area contributed by atoms with Crippen molar-refractivity contribution in [2.24, 2.45) is 0 Å². The third-order valence-corrected chi connectivity index (χ3v) is 11.8. The fraction of sp³-hybridized carbons (Fsp3) is 0.720. The van der Waals surface area contributed by atoms with Crippen molar-refractivity contribution in [3.05, 3.63) is 72.9 Å². The van der Waals surface area contributed by atoms with E-state index in [0.29, 0.717) is 19.3 Å². The van der Waals surface area contributed by atoms with Gasteiger partial charge >= 0.3 is 19.8 Å². The highest BCUT2D eigenvalue weighted by molar-refractivity contribution is 7.47. The predicted molar refractivity (Wildman–Crippen MR) is 253 cm³/mol. The Hall–Kier alpha value is -2.71. The number of hydrogen-bond donors (Lipinski definition) is 6. The van der Waals surface area contributed by atoms with Crippen molar-refractivity contribution >= 4 is 19.8 Å². The minimum Gasteiger partial charge on any atom is -0.462 e. The van der Waals surface area contributed by atoms with Gasteiger partial charge in [-0.1, -0.05) is 183 Å². The number of unbranched alkanes of at least 4 members (excludes halogenated alkanes) is 15. The molecule has 0 bridgehead atoms. The fourth-order valence-electron chi connectivity index (χ4n) is 6.96. The molecule has 1 rings (SSSR count). The van der Waals surface area contributed by atoms with Gasteiger partial charge in [0.2, 0.25) is 0 Å². The first kappa shape index (κ1) is 59.3. The first-order valence-corrected chi connectivity index (χ1v) is 25.7. The van der Waals surface area contributed by atoms with Crippen LogP contribution in [0.2, 0.25) is 0 Å². The Morgan fingerprint density at radius 3 is 1.33 bits per heavy atom. The third kappa shape index (κ3) is 31.2. The number of carbonyl (C=O) groups is 2. The van der Waals surface area contributed by atoms with Gasteiger partial charge < -0.3 is 39.9 Å². The highest BCUT2D eigenvalue weighted by Crippen LogP contribution is 2.47. The summed E-state index contributed by atoms with van der Waals surface area (Å²) in [4.78, 5) is 35.7. The van der Waals surface area contributed by atoms with Crippen LogP contribution in [0.4, 0.5) is 0 Å². The van der Waals surface area contributed by atoms with Crippen molar-refractivity contribution in [2.75, 3.05) is 13.2 Å². The summed E-state index contributed by atoms with van der Waals surface area (Å²) >= 11 is 0. The molecule has 6 N–H and O–H groups in total. The molecule has 0 heterocycles. The van der Waals surface area contributed by atoms with Crippen molar-refractivity contribution in [3.8, 4) is 0 Å². The zero-order valence-electron chi connectivity index (χ0n) is 39.0. The van der Waals surface area contributed by atoms with Crippen molar-refractivity contribution in [1.29, 1.82) is 0 Å². The Balaban J connectivity index is 2.49. The van der Waals surface area contributed by atoms with Crippen LogP contribution in [0.15, 0.2) is 72.9 Å². The van der Waals surface area contributed by atoms with Gasteiger partial charge in [-0.15, -0.1) is 0 Å². The minimum absolute atomic E-state index is 0.0301. The molecule has 0 spiro atoms. The molecule has 0 aliphatic heterocycles. The van der Waals surface area contributed by atoms with Gasteiger partial charge in [0, 0.05) is 12.8 Å². The second-order valence-electron chi connectivity index (χ2n) is 16.6. The maximum absolute atomic E-state index is 12.8. The molecule has 0 aromatic heterocycles. The monoisotopic (exact) mass is 925 g/mol. The van der Waals surface area contributed by atoms with E-state index in [1.807, 2.05) is 18.2 Å². The van der Waals surface area contributed by atoms with E-state index < -0.39 is 75.7 Å². The molecular weight excluding hydrogens is 840 g/mol. The molecule has 14 heteroatoms. The Labute approximate surface area is 385 Å². The van der Waals surface area contributed by atoms with Crippen molar-refractivity contribution in [3.63, 3.8) is 0 Å². The summed E-state index contributed by atoms with van der Waals surface area (Å²) in [5.41, 5.74) is 0. The van der Waals surface area contributed by atoms with Crippen LogP contribution in [0, 0.1) is 0 Å². The van der Waals surface area contributed by atoms with Gasteiger partial charge in [-0.3, -0.25) is 18.6 Å². The van der Waals surface area contributed by atoms with Crippen LogP contribution in [0.3, 0.4) is 0 Å². The second-order valence-corrected chi connectivity index (χ2v) is 18.0. The first-order chi connectivity index (χ1) is 30.9. The van der Waals surface area contributed by atoms with E-state index in [-0.39, 0.29) is 12.8 Å². The summed E-state index contributed by atoms with van der Waals surface area (Å²) in [6.07, 6.45) is 36.8. The molecule has 0 amide bonds. The zero-order valence-corrected chi connectivity index (χ0v) is 39.9. The van der Waals surface area contributed by atoms with Crippen LogP contribution in [0.1, 0.15) is 174 Å². The Morgan fingerprint density at radius 2 is 0.891 bits per heavy atom. The summed E-state index contributed by atoms with van der Waals surface area (Å²) < 4.78 is 33.5. The maximum atomic E-state index is 12.8. The van der Waals surface area contributed by atoms with Crippen molar-refractivity contribution in [1.82, 2.24) is 0 Å². The SMILES string of the molecule is CC/C=C\C/C=C\C/C=C\C/C=C\C/C=C\C/C=C\CCC(=O)O[C@H](COC(=O)CCCCCCCCCCCCCCCCCC)COP(=O)(O)OC1C(O)C(O)C(O)[C@@H](O)C1O. The molecule has 368 valence electrons. The van der Waals surface area contributed by atoms with Gasteiger partial charge in [0.1, 0.15) is 43.2 Å². The van der Waals surface area contributed by atoms with Gasteiger partial charge in [-0.25, -0.2) is 4.57 Å². The van der Waals surface area contributed by atoms with Crippen LogP contribution >= 0.6 is 7.82 Å². The van der Waals surface area contributed by atoms with Crippen molar-refractivity contribution in [2.45, 2.75) is 217 Å². The average molecular weight is 925 g/mol. The number of ether oxygens (including phenoxy) is 2. The number of carbonyl (C=O) groups excluding carboxylic acids is 2. The Bertz CT molecular complexity index is 1390. The normalized spacial score (nSPS) is 22.2. The number of aliphatic hydroxyl groups is 5. The van der Waals surface area contributed by atoms with E-state index in [1.165, 1.54) is 77.0 Å². The maximum Gasteiger partial charge on any atom is 0.472 e. The summed E-state index contributed by atoms with van der Waals surface area (Å²) in [6.45, 7) is 3.13. The molecule has 64 heavy (non-hydrogen) atoms. The minimum atomic E-state index is -5.14. The predicted octanol–water partition coefficient (Wildman–Crippen LogP) is 9.89. The topological polar surface area (TPSA) is 210 Å². The average Bonchev–Trinajstić information content (AvgIpc) is 3.28. The molecule has 0 saturated heterocycles. The number of phosphoric acid groups is 1. The lowest BCUT2D eigenvalue weighted by molar-refractivity contribution is -0.220. The highest BCUT2D eigenvalue weighted by atomic mass is 31.2. The standard InChI is InChI=1S/C50H85O13P/c1-3-5-7-9-11-13-15-17-19-21-22-23-25-27-29-31-33-35-37-39-44(52)62-42(41-61-64(58,59)63-50-48(56)46(54)45(53)47(55)49(50)57)40-60-43(51)38-36-34-32-30-28-26-24-20-18-16-14-12-10-8-6-4-2/h5,7,11,13,17,19,22-23,27,29,33,35,42,45-50,53-57H,3-4,6,8-10,12,14-16,18,20-21,24-26,28,30-32,34,36-41H2,1-2H3,(H,58,59)/b7-5-,13-11-,19-17-,23-22-,29-27-,35-33-/t42-,45?,46-,47?,48?,49?,50?/m1/s1. The number of aliphatic hydroxyl groups excluding tert-OH is 5. The lowest BCUT2D eigenvalue weighted by Gasteiger charge is -2.41. The molecule has 13 nitrogen and oxygen atoms in total. The zero-order chi connectivity index (χ0) is 47.1. The van der Waals surface area contributed by atoms with Crippen LogP contribution in [-0.2, 0) is 32.7 Å².